The summed E-state index contributed by atoms with van der Waals surface area (Å²) in [7, 11) is 0. The van der Waals surface area contributed by atoms with Gasteiger partial charge in [-0.05, 0) is 97.0 Å². The number of hydrogen-bond donors (Lipinski definition) is 11. The van der Waals surface area contributed by atoms with Gasteiger partial charge in [-0.15, -0.1) is 0 Å². The van der Waals surface area contributed by atoms with E-state index in [0.717, 1.165) is 11.1 Å². The molecule has 7 fully saturated rings. The molecule has 8 aliphatic rings. The van der Waals surface area contributed by atoms with Gasteiger partial charge >= 0.3 is 11.9 Å². The lowest BCUT2D eigenvalue weighted by Crippen LogP contribution is -2.75. The standard InChI is InChI=1S/C65H98O22/c1-11-13-27-80-56(79)52-50(85-57-47(74)45(72)37(30-67)82-57)49(76)51(86-58-48(75)46(73)44(71)36(29-66)81-58)59(87-52)83-40-24-25-62(8)38(61(40,6)7)23-26-63(9)39(62)21-20-34-35-28-60(4,5)55(84-41(69)22-19-33-17-15-14-16-18-33)42(43(70)32(3)12-2)65(35,31-68)54(78)53(77)64(34,63)10/h14-20,22,32,35-40,42,44-55,57-59,66-68,71-78H,11-13,21,23-31H2,1-10H3/b22-19+/t32?,35-,36+,37-,38-,39+,40-,42-,44+,45-,46-,47+,48+,49-,50-,51+,52-,53-,54+,55-,57-,58-,59+,62-,63+,64-,65+/m0/s1. The number of allylic oxidation sites excluding steroid dienone is 1. The van der Waals surface area contributed by atoms with Crippen LogP contribution in [-0.2, 0) is 52.3 Å². The van der Waals surface area contributed by atoms with Crippen LogP contribution in [0.1, 0.15) is 133 Å². The zero-order chi connectivity index (χ0) is 63.7. The Morgan fingerprint density at radius 1 is 0.713 bits per heavy atom. The minimum absolute atomic E-state index is 0.0468. The molecule has 0 aromatic heterocycles. The van der Waals surface area contributed by atoms with E-state index in [1.165, 1.54) is 6.08 Å². The Morgan fingerprint density at radius 3 is 1.94 bits per heavy atom. The first-order valence-electron chi connectivity index (χ1n) is 31.5. The maximum atomic E-state index is 15.1. The number of fused-ring (bicyclic) bond motifs is 7. The molecule has 490 valence electrons. The number of unbranched alkanes of at least 4 members (excludes halogenated alkanes) is 1. The Bertz CT molecular complexity index is 2630. The summed E-state index contributed by atoms with van der Waals surface area (Å²) in [4.78, 5) is 43.2. The zero-order valence-corrected chi connectivity index (χ0v) is 52.0. The van der Waals surface area contributed by atoms with E-state index in [9.17, 15) is 65.8 Å². The zero-order valence-electron chi connectivity index (χ0n) is 52.0. The van der Waals surface area contributed by atoms with Crippen LogP contribution in [0, 0.1) is 62.1 Å². The van der Waals surface area contributed by atoms with Crippen molar-refractivity contribution in [1.29, 1.82) is 0 Å². The SMILES string of the molecule is CCCCOC(=O)[C@H]1O[C@@H](O[C@H]2CC[C@]3(C)[C@H]4CC=C5[C@@H]6CC(C)(C)[C@@H](OC(=O)/C=C/c7ccccc7)[C@H](C(=O)C(C)CC)[C@]6(CO)[C@H](O)[C@H](O)[C@@]5(C)[C@]4(C)CC[C@H]3C2(C)C)[C@H](O[C@@H]2O[C@H](CO)[C@@H](O)[C@H](O)[C@H]2O)[C@@H](O)[C@@H]1O[C@@H]1O[C@@H](CO)[C@H](O)[C@H]1O. The lowest BCUT2D eigenvalue weighted by Gasteiger charge is -2.73. The molecule has 0 radical (unpaired) electrons. The van der Waals surface area contributed by atoms with Crippen LogP contribution in [0.4, 0.5) is 0 Å². The summed E-state index contributed by atoms with van der Waals surface area (Å²) in [5, 5.41) is 125. The van der Waals surface area contributed by atoms with Crippen LogP contribution in [0.2, 0.25) is 0 Å². The van der Waals surface area contributed by atoms with Crippen molar-refractivity contribution >= 4 is 23.8 Å². The molecule has 1 aromatic rings. The molecule has 27 atom stereocenters. The van der Waals surface area contributed by atoms with Crippen LogP contribution in [0.25, 0.3) is 6.08 Å². The average molecular weight is 1230 g/mol. The van der Waals surface area contributed by atoms with E-state index in [2.05, 4.69) is 33.8 Å². The van der Waals surface area contributed by atoms with Gasteiger partial charge in [0, 0.05) is 28.2 Å². The van der Waals surface area contributed by atoms with Gasteiger partial charge in [-0.2, -0.15) is 0 Å². The van der Waals surface area contributed by atoms with E-state index in [0.29, 0.717) is 57.8 Å². The van der Waals surface area contributed by atoms with Crippen LogP contribution < -0.4 is 0 Å². The van der Waals surface area contributed by atoms with E-state index in [4.69, 9.17) is 37.9 Å². The monoisotopic (exact) mass is 1230 g/mol. The van der Waals surface area contributed by atoms with E-state index in [-0.39, 0.29) is 24.2 Å². The maximum Gasteiger partial charge on any atom is 0.338 e. The van der Waals surface area contributed by atoms with Gasteiger partial charge in [0.15, 0.2) is 25.0 Å². The summed E-state index contributed by atoms with van der Waals surface area (Å²) in [6.07, 6.45) is -19.6. The van der Waals surface area contributed by atoms with Gasteiger partial charge in [0.1, 0.15) is 72.9 Å². The molecule has 22 heteroatoms. The van der Waals surface area contributed by atoms with E-state index < -0.39 is 192 Å². The first kappa shape index (κ1) is 68.0. The number of carbonyl (C=O) groups excluding carboxylic acids is 3. The fourth-order valence-electron chi connectivity index (χ4n) is 17.7. The highest BCUT2D eigenvalue weighted by Crippen LogP contribution is 2.76. The summed E-state index contributed by atoms with van der Waals surface area (Å²) in [6.45, 7) is 17.9. The topological polar surface area (TPSA) is 348 Å². The molecule has 0 bridgehead atoms. The van der Waals surface area contributed by atoms with Gasteiger partial charge in [-0.3, -0.25) is 4.79 Å². The number of benzene rings is 1. The molecule has 11 N–H and O–H groups in total. The van der Waals surface area contributed by atoms with E-state index in [1.54, 1.807) is 13.0 Å². The number of carbonyl (C=O) groups is 3. The molecule has 87 heavy (non-hydrogen) atoms. The van der Waals surface area contributed by atoms with Crippen molar-refractivity contribution in [3.05, 3.63) is 53.6 Å². The van der Waals surface area contributed by atoms with Crippen LogP contribution in [0.15, 0.2) is 48.1 Å². The normalized spacial score (nSPS) is 46.1. The molecule has 3 saturated heterocycles. The first-order chi connectivity index (χ1) is 41.0. The quantitative estimate of drug-likeness (QED) is 0.0312. The third kappa shape index (κ3) is 11.4. The summed E-state index contributed by atoms with van der Waals surface area (Å²) in [5.74, 6) is -4.49. The molecule has 9 rings (SSSR count). The van der Waals surface area contributed by atoms with Gasteiger partial charge in [-0.25, -0.2) is 9.59 Å². The summed E-state index contributed by atoms with van der Waals surface area (Å²) in [5.41, 5.74) is -3.86. The number of aliphatic hydroxyl groups is 11. The van der Waals surface area contributed by atoms with Crippen LogP contribution in [0.5, 0.6) is 0 Å². The van der Waals surface area contributed by atoms with Crippen LogP contribution in [-0.4, -0.2) is 211 Å². The van der Waals surface area contributed by atoms with E-state index in [1.807, 2.05) is 65.0 Å². The van der Waals surface area contributed by atoms with Gasteiger partial charge in [0.05, 0.1) is 50.7 Å². The van der Waals surface area contributed by atoms with Crippen molar-refractivity contribution in [2.45, 2.75) is 237 Å². The molecule has 3 aliphatic heterocycles. The predicted octanol–water partition coefficient (Wildman–Crippen LogP) is 2.62. The Morgan fingerprint density at radius 2 is 1.33 bits per heavy atom. The maximum absolute atomic E-state index is 15.1. The summed E-state index contributed by atoms with van der Waals surface area (Å²) < 4.78 is 49.3. The fourth-order valence-corrected chi connectivity index (χ4v) is 17.7. The second-order valence-electron chi connectivity index (χ2n) is 28.4. The van der Waals surface area contributed by atoms with E-state index >= 15 is 4.79 Å². The first-order valence-corrected chi connectivity index (χ1v) is 31.5. The highest BCUT2D eigenvalue weighted by atomic mass is 16.8. The highest BCUT2D eigenvalue weighted by molar-refractivity contribution is 5.89. The number of esters is 2. The predicted molar refractivity (Wildman–Crippen MR) is 310 cm³/mol. The Hall–Kier alpha value is -3.37. The molecule has 5 aliphatic carbocycles. The van der Waals surface area contributed by atoms with Crippen LogP contribution in [0.3, 0.4) is 0 Å². The number of ether oxygens (including phenoxy) is 8. The molecule has 0 spiro atoms. The van der Waals surface area contributed by atoms with Gasteiger partial charge in [0.2, 0.25) is 0 Å². The number of aliphatic hydroxyl groups excluding tert-OH is 11. The lowest BCUT2D eigenvalue weighted by atomic mass is 9.31. The molecule has 1 unspecified atom stereocenters. The minimum Gasteiger partial charge on any atom is -0.464 e. The molecular formula is C65H98O22. The molecule has 4 saturated carbocycles. The number of ketones is 1. The van der Waals surface area contributed by atoms with Crippen molar-refractivity contribution in [1.82, 2.24) is 0 Å². The largest absolute Gasteiger partial charge is 0.464 e. The van der Waals surface area contributed by atoms with Crippen molar-refractivity contribution in [2.24, 2.45) is 62.1 Å². The minimum atomic E-state index is -1.99. The average Bonchev–Trinajstić information content (AvgIpc) is 0.922. The smallest absolute Gasteiger partial charge is 0.338 e. The van der Waals surface area contributed by atoms with Crippen molar-refractivity contribution in [3.63, 3.8) is 0 Å². The van der Waals surface area contributed by atoms with Gasteiger partial charge < -0.3 is 94.1 Å². The Kier molecular flexibility index (Phi) is 20.3. The lowest BCUT2D eigenvalue weighted by molar-refractivity contribution is -0.383. The highest BCUT2D eigenvalue weighted by Gasteiger charge is 2.76. The summed E-state index contributed by atoms with van der Waals surface area (Å²) in [6, 6.07) is 9.25. The molecule has 0 amide bonds. The Labute approximate surface area is 510 Å². The molecular weight excluding hydrogens is 1130 g/mol. The van der Waals surface area contributed by atoms with Crippen molar-refractivity contribution < 1.29 is 108 Å². The third-order valence-corrected chi connectivity index (χ3v) is 23.0. The van der Waals surface area contributed by atoms with Crippen molar-refractivity contribution in [3.8, 4) is 0 Å². The fraction of sp³-hybridized carbons (Fsp3) is 0.800. The third-order valence-electron chi connectivity index (χ3n) is 23.0. The molecule has 3 heterocycles. The molecule has 22 nitrogen and oxygen atoms in total. The summed E-state index contributed by atoms with van der Waals surface area (Å²) >= 11 is 0. The van der Waals surface area contributed by atoms with Crippen molar-refractivity contribution in [2.75, 3.05) is 26.4 Å². The van der Waals surface area contributed by atoms with Gasteiger partial charge in [-0.1, -0.05) is 118 Å². The number of Topliss-reactive ketones (excluding diaryl/α,β-unsaturated/α-hetero) is 1. The Balaban J connectivity index is 1.04. The number of rotatable bonds is 19. The second-order valence-corrected chi connectivity index (χ2v) is 28.4. The van der Waals surface area contributed by atoms with Crippen LogP contribution >= 0.6 is 0 Å². The molecule has 1 aromatic carbocycles. The van der Waals surface area contributed by atoms with Gasteiger partial charge in [0.25, 0.3) is 0 Å². The second kappa shape index (κ2) is 26.0. The number of hydrogen-bond acceptors (Lipinski definition) is 22.